The summed E-state index contributed by atoms with van der Waals surface area (Å²) in [7, 11) is 2.23. The highest BCUT2D eigenvalue weighted by Gasteiger charge is 2.39. The van der Waals surface area contributed by atoms with Gasteiger partial charge in [0.25, 0.3) is 0 Å². The number of rotatable bonds is 1. The van der Waals surface area contributed by atoms with Gasteiger partial charge >= 0.3 is 0 Å². The fourth-order valence-electron chi connectivity index (χ4n) is 4.44. The summed E-state index contributed by atoms with van der Waals surface area (Å²) in [4.78, 5) is 6.17. The Balaban J connectivity index is 0.00000157. The minimum absolute atomic E-state index is 0. The van der Waals surface area contributed by atoms with E-state index in [0.717, 1.165) is 26.2 Å². The fraction of sp³-hybridized carbons (Fsp3) is 0.286. The van der Waals surface area contributed by atoms with Crippen molar-refractivity contribution in [1.82, 2.24) is 9.88 Å². The van der Waals surface area contributed by atoms with Crippen LogP contribution in [0.2, 0.25) is 0 Å². The first-order chi connectivity index (χ1) is 11.8. The van der Waals surface area contributed by atoms with E-state index in [2.05, 4.69) is 76.1 Å². The van der Waals surface area contributed by atoms with Crippen LogP contribution in [-0.2, 0) is 6.42 Å². The number of halogens is 1. The van der Waals surface area contributed by atoms with E-state index in [1.165, 1.54) is 33.4 Å². The van der Waals surface area contributed by atoms with Gasteiger partial charge in [0.1, 0.15) is 12.2 Å². The number of likely N-dealkylation sites (N-methyl/N-ethyl adjacent to an activating group) is 1. The molecule has 2 aliphatic rings. The van der Waals surface area contributed by atoms with Crippen LogP contribution in [0.3, 0.4) is 0 Å². The molecule has 0 saturated heterocycles. The molecule has 0 amide bonds. The Kier molecular flexibility index (Phi) is 4.41. The lowest BCUT2D eigenvalue weighted by atomic mass is 9.86. The zero-order valence-electron chi connectivity index (χ0n) is 14.4. The number of nitrogens with one attached hydrogen (secondary N) is 1. The average molecular weight is 443 g/mol. The van der Waals surface area contributed by atoms with Crippen molar-refractivity contribution >= 4 is 16.6 Å². The maximum atomic E-state index is 3.73. The Morgan fingerprint density at radius 1 is 1.04 bits per heavy atom. The summed E-state index contributed by atoms with van der Waals surface area (Å²) in [5.41, 5.74) is 7.03. The minimum Gasteiger partial charge on any atom is -1.00 e. The molecule has 4 heteroatoms. The van der Waals surface area contributed by atoms with Gasteiger partial charge in [-0.05, 0) is 24.2 Å². The normalized spacial score (nSPS) is 20.1. The van der Waals surface area contributed by atoms with Crippen LogP contribution in [0.15, 0.2) is 54.6 Å². The maximum absolute atomic E-state index is 3.73. The van der Waals surface area contributed by atoms with Crippen LogP contribution in [0.1, 0.15) is 22.7 Å². The molecular formula is C21H22IN3. The first-order valence-electron chi connectivity index (χ1n) is 8.76. The Labute approximate surface area is 165 Å². The van der Waals surface area contributed by atoms with Gasteiger partial charge in [-0.1, -0.05) is 48.5 Å². The van der Waals surface area contributed by atoms with Gasteiger partial charge in [0.05, 0.1) is 5.92 Å². The molecule has 0 aliphatic carbocycles. The van der Waals surface area contributed by atoms with Gasteiger partial charge in [0, 0.05) is 23.9 Å². The predicted molar refractivity (Wildman–Crippen MR) is 97.9 cm³/mol. The second kappa shape index (κ2) is 6.57. The number of H-pyrrole nitrogens is 1. The van der Waals surface area contributed by atoms with E-state index in [-0.39, 0.29) is 24.0 Å². The fourth-order valence-corrected chi connectivity index (χ4v) is 4.44. The zero-order chi connectivity index (χ0) is 16.1. The SMILES string of the molecule is CN1CC(c2ccccc2)C2=[N+](CCc3c2[nH]c2ccccc32)C1.[I-]. The highest BCUT2D eigenvalue weighted by Crippen LogP contribution is 2.33. The second-order valence-corrected chi connectivity index (χ2v) is 7.07. The van der Waals surface area contributed by atoms with Crippen molar-refractivity contribution in [2.75, 3.05) is 26.8 Å². The van der Waals surface area contributed by atoms with Crippen molar-refractivity contribution in [3.8, 4) is 0 Å². The van der Waals surface area contributed by atoms with Gasteiger partial charge in [-0.15, -0.1) is 0 Å². The van der Waals surface area contributed by atoms with E-state index >= 15 is 0 Å². The molecule has 0 bridgehead atoms. The van der Waals surface area contributed by atoms with Crippen molar-refractivity contribution in [2.45, 2.75) is 12.3 Å². The third-order valence-corrected chi connectivity index (χ3v) is 5.48. The molecule has 1 unspecified atom stereocenters. The number of benzene rings is 2. The lowest BCUT2D eigenvalue weighted by Gasteiger charge is -2.31. The summed E-state index contributed by atoms with van der Waals surface area (Å²) >= 11 is 0. The largest absolute Gasteiger partial charge is 1.00 e. The number of aromatic amines is 1. The molecule has 1 aromatic heterocycles. The predicted octanol–water partition coefficient (Wildman–Crippen LogP) is 0.216. The summed E-state index contributed by atoms with van der Waals surface area (Å²) in [5, 5.41) is 1.39. The molecule has 0 fully saturated rings. The molecule has 1 N–H and O–H groups in total. The summed E-state index contributed by atoms with van der Waals surface area (Å²) in [6, 6.07) is 19.7. The Morgan fingerprint density at radius 3 is 2.64 bits per heavy atom. The molecule has 128 valence electrons. The molecule has 2 aromatic carbocycles. The average Bonchev–Trinajstić information content (AvgIpc) is 3.00. The van der Waals surface area contributed by atoms with Crippen molar-refractivity contribution in [1.29, 1.82) is 0 Å². The lowest BCUT2D eigenvalue weighted by Crippen LogP contribution is -3.00. The standard InChI is InChI=1S/C21H21N3.HI/c1-23-13-18(15-7-3-2-4-8-15)21-20-17(11-12-24(21)14-23)16-9-5-6-10-19(16)22-20;/h2-10,18H,11-14H2,1H3;1H. The molecule has 3 nitrogen and oxygen atoms in total. The van der Waals surface area contributed by atoms with Crippen LogP contribution in [0.4, 0.5) is 0 Å². The molecular weight excluding hydrogens is 421 g/mol. The highest BCUT2D eigenvalue weighted by atomic mass is 127. The Morgan fingerprint density at radius 2 is 1.80 bits per heavy atom. The molecule has 3 aromatic rings. The van der Waals surface area contributed by atoms with E-state index in [1.807, 2.05) is 0 Å². The molecule has 5 rings (SSSR count). The number of para-hydroxylation sites is 1. The monoisotopic (exact) mass is 443 g/mol. The van der Waals surface area contributed by atoms with Crippen LogP contribution in [0.5, 0.6) is 0 Å². The van der Waals surface area contributed by atoms with E-state index < -0.39 is 0 Å². The lowest BCUT2D eigenvalue weighted by molar-refractivity contribution is -0.555. The smallest absolute Gasteiger partial charge is 0.210 e. The third kappa shape index (κ3) is 2.72. The van der Waals surface area contributed by atoms with Gasteiger partial charge in [-0.25, -0.2) is 4.58 Å². The number of nitrogens with zero attached hydrogens (tertiary/aromatic N) is 2. The molecule has 25 heavy (non-hydrogen) atoms. The number of hydrogen-bond donors (Lipinski definition) is 1. The molecule has 3 heterocycles. The molecule has 1 atom stereocenters. The Bertz CT molecular complexity index is 942. The first-order valence-corrected chi connectivity index (χ1v) is 8.76. The minimum atomic E-state index is 0. The van der Waals surface area contributed by atoms with Crippen LogP contribution in [0, 0.1) is 0 Å². The quantitative estimate of drug-likeness (QED) is 0.422. The van der Waals surface area contributed by atoms with Crippen molar-refractivity contribution in [2.24, 2.45) is 0 Å². The van der Waals surface area contributed by atoms with Crippen molar-refractivity contribution in [3.05, 3.63) is 71.4 Å². The van der Waals surface area contributed by atoms with Gasteiger partial charge < -0.3 is 29.0 Å². The number of hydrogen-bond acceptors (Lipinski definition) is 1. The molecule has 0 saturated carbocycles. The van der Waals surface area contributed by atoms with Crippen molar-refractivity contribution in [3.63, 3.8) is 0 Å². The van der Waals surface area contributed by atoms with Gasteiger partial charge in [0.15, 0.2) is 6.67 Å². The highest BCUT2D eigenvalue weighted by molar-refractivity contribution is 6.07. The summed E-state index contributed by atoms with van der Waals surface area (Å²) in [6.07, 6.45) is 1.12. The van der Waals surface area contributed by atoms with E-state index in [4.69, 9.17) is 0 Å². The zero-order valence-corrected chi connectivity index (χ0v) is 16.5. The van der Waals surface area contributed by atoms with Crippen LogP contribution in [-0.4, -0.2) is 47.0 Å². The molecule has 0 radical (unpaired) electrons. The van der Waals surface area contributed by atoms with Crippen LogP contribution >= 0.6 is 0 Å². The molecule has 0 spiro atoms. The molecule has 2 aliphatic heterocycles. The van der Waals surface area contributed by atoms with E-state index in [1.54, 1.807) is 0 Å². The van der Waals surface area contributed by atoms with Gasteiger partial charge in [0.2, 0.25) is 5.71 Å². The van der Waals surface area contributed by atoms with E-state index in [0.29, 0.717) is 5.92 Å². The first kappa shape index (κ1) is 16.8. The van der Waals surface area contributed by atoms with E-state index in [9.17, 15) is 0 Å². The van der Waals surface area contributed by atoms with Gasteiger partial charge in [-0.3, -0.25) is 4.90 Å². The number of aromatic nitrogens is 1. The van der Waals surface area contributed by atoms with Gasteiger partial charge in [-0.2, -0.15) is 0 Å². The summed E-state index contributed by atoms with van der Waals surface area (Å²) < 4.78 is 2.57. The summed E-state index contributed by atoms with van der Waals surface area (Å²) in [6.45, 7) is 3.20. The Hall–Kier alpha value is -1.66. The summed E-state index contributed by atoms with van der Waals surface area (Å²) in [5.74, 6) is 0.428. The van der Waals surface area contributed by atoms with Crippen LogP contribution in [0.25, 0.3) is 10.9 Å². The number of fused-ring (bicyclic) bond motifs is 4. The topological polar surface area (TPSA) is 22.0 Å². The third-order valence-electron chi connectivity index (χ3n) is 5.48. The van der Waals surface area contributed by atoms with Crippen LogP contribution < -0.4 is 24.0 Å². The van der Waals surface area contributed by atoms with Crippen molar-refractivity contribution < 1.29 is 28.6 Å². The maximum Gasteiger partial charge on any atom is 0.210 e. The second-order valence-electron chi connectivity index (χ2n) is 7.07.